The van der Waals surface area contributed by atoms with Crippen LogP contribution in [0.15, 0.2) is 218 Å². The van der Waals surface area contributed by atoms with Crippen molar-refractivity contribution in [2.45, 2.75) is 138 Å². The molecule has 0 aliphatic rings. The molecule has 0 N–H and O–H groups in total. The van der Waals surface area contributed by atoms with Gasteiger partial charge in [-0.2, -0.15) is 0 Å². The zero-order valence-corrected chi connectivity index (χ0v) is 47.7. The summed E-state index contributed by atoms with van der Waals surface area (Å²) < 4.78 is 0. The van der Waals surface area contributed by atoms with Crippen molar-refractivity contribution in [3.63, 3.8) is 0 Å². The van der Waals surface area contributed by atoms with Crippen LogP contribution in [0.5, 0.6) is 0 Å². The van der Waals surface area contributed by atoms with Gasteiger partial charge >= 0.3 is 0 Å². The molecule has 0 bridgehead atoms. The summed E-state index contributed by atoms with van der Waals surface area (Å²) in [6.45, 7) is 40.0. The van der Waals surface area contributed by atoms with Crippen LogP contribution in [0, 0.1) is 0 Å². The Balaban J connectivity index is -0.00000201. The van der Waals surface area contributed by atoms with E-state index in [2.05, 4.69) is 228 Å². The first kappa shape index (κ1) is 67.6. The third-order valence-corrected chi connectivity index (χ3v) is 9.07. The van der Waals surface area contributed by atoms with Crippen molar-refractivity contribution in [1.29, 1.82) is 0 Å². The summed E-state index contributed by atoms with van der Waals surface area (Å²) in [7, 11) is 0. The van der Waals surface area contributed by atoms with E-state index in [4.69, 9.17) is 0 Å². The fourth-order valence-electron chi connectivity index (χ4n) is 6.68. The van der Waals surface area contributed by atoms with Crippen molar-refractivity contribution in [3.8, 4) is 33.4 Å². The van der Waals surface area contributed by atoms with Crippen molar-refractivity contribution in [2.24, 2.45) is 0 Å². The first-order chi connectivity index (χ1) is 34.8. The summed E-state index contributed by atoms with van der Waals surface area (Å²) in [5.74, 6) is 0. The molecule has 0 radical (unpaired) electrons. The highest BCUT2D eigenvalue weighted by Gasteiger charge is 2.19. The number of anilines is 6. The van der Waals surface area contributed by atoms with Gasteiger partial charge in [0.05, 0.1) is 11.4 Å². The second-order valence-electron chi connectivity index (χ2n) is 12.2. The Morgan fingerprint density at radius 3 is 0.629 bits per heavy atom. The van der Waals surface area contributed by atoms with E-state index in [0.717, 1.165) is 34.1 Å². The van der Waals surface area contributed by atoms with E-state index in [9.17, 15) is 0 Å². The lowest BCUT2D eigenvalue weighted by Gasteiger charge is -2.28. The standard InChI is InChI=1S/C48H36N2.10C2H6/c1-5-17-39(18-6-1)45-25-13-15-27-47(45)49(41-21-9-3-10-22-41)43-33-29-37(30-34-43)38-31-35-44(36-32-38)50(42-23-11-4-12-24-42)48-28-16-14-26-46(48)40-19-7-2-8-20-40;10*1-2/h1-36H;10*1-2H3. The van der Waals surface area contributed by atoms with Crippen LogP contribution in [0.4, 0.5) is 34.1 Å². The molecule has 0 saturated heterocycles. The molecule has 378 valence electrons. The molecule has 0 fully saturated rings. The van der Waals surface area contributed by atoms with E-state index in [1.807, 2.05) is 138 Å². The van der Waals surface area contributed by atoms with E-state index < -0.39 is 0 Å². The molecule has 0 heterocycles. The highest BCUT2D eigenvalue weighted by Crippen LogP contribution is 2.43. The maximum absolute atomic E-state index is 2.34. The predicted molar refractivity (Wildman–Crippen MR) is 326 cm³/mol. The molecule has 0 spiro atoms. The fraction of sp³-hybridized carbons (Fsp3) is 0.294. The molecule has 8 aromatic rings. The Hall–Kier alpha value is -6.64. The highest BCUT2D eigenvalue weighted by atomic mass is 15.1. The second-order valence-corrected chi connectivity index (χ2v) is 12.2. The average Bonchev–Trinajstić information content (AvgIpc) is 3.50. The van der Waals surface area contributed by atoms with E-state index in [1.54, 1.807) is 0 Å². The molecule has 0 aliphatic heterocycles. The van der Waals surface area contributed by atoms with Crippen molar-refractivity contribution in [3.05, 3.63) is 218 Å². The number of nitrogens with zero attached hydrogens (tertiary/aromatic N) is 2. The molecule has 2 heteroatoms. The van der Waals surface area contributed by atoms with Gasteiger partial charge in [0.1, 0.15) is 0 Å². The zero-order chi connectivity index (χ0) is 53.5. The van der Waals surface area contributed by atoms with Gasteiger partial charge in [0.25, 0.3) is 0 Å². The third-order valence-electron chi connectivity index (χ3n) is 9.07. The summed E-state index contributed by atoms with van der Waals surface area (Å²) in [6, 6.07) is 77.5. The number of hydrogen-bond acceptors (Lipinski definition) is 2. The summed E-state index contributed by atoms with van der Waals surface area (Å²) in [5, 5.41) is 0. The van der Waals surface area contributed by atoms with Crippen LogP contribution in [-0.2, 0) is 0 Å². The molecule has 8 rings (SSSR count). The van der Waals surface area contributed by atoms with E-state index >= 15 is 0 Å². The SMILES string of the molecule is CC.CC.CC.CC.CC.CC.CC.CC.CC.CC.c1ccc(-c2ccccc2N(c2ccccc2)c2ccc(-c3ccc(N(c4ccccc4)c4ccccc4-c4ccccc4)cc3)cc2)cc1. The molecule has 0 aromatic heterocycles. The van der Waals surface area contributed by atoms with Gasteiger partial charge < -0.3 is 9.80 Å². The Bertz CT molecular complexity index is 2120. The van der Waals surface area contributed by atoms with E-state index in [1.165, 1.54) is 33.4 Å². The van der Waals surface area contributed by atoms with Gasteiger partial charge in [-0.05, 0) is 82.9 Å². The largest absolute Gasteiger partial charge is 0.310 e. The zero-order valence-electron chi connectivity index (χ0n) is 47.7. The second kappa shape index (κ2) is 46.1. The van der Waals surface area contributed by atoms with Crippen molar-refractivity contribution < 1.29 is 0 Å². The van der Waals surface area contributed by atoms with Crippen molar-refractivity contribution >= 4 is 34.1 Å². The summed E-state index contributed by atoms with van der Waals surface area (Å²) in [4.78, 5) is 4.69. The quantitative estimate of drug-likeness (QED) is 0.142. The number of rotatable bonds is 9. The topological polar surface area (TPSA) is 6.48 Å². The molecule has 0 unspecified atom stereocenters. The van der Waals surface area contributed by atoms with Crippen LogP contribution in [0.2, 0.25) is 0 Å². The normalized spacial score (nSPS) is 8.57. The van der Waals surface area contributed by atoms with Crippen LogP contribution in [0.1, 0.15) is 138 Å². The van der Waals surface area contributed by atoms with Gasteiger partial charge in [-0.15, -0.1) is 0 Å². The van der Waals surface area contributed by atoms with Gasteiger partial charge in [-0.25, -0.2) is 0 Å². The van der Waals surface area contributed by atoms with Gasteiger partial charge in [0.2, 0.25) is 0 Å². The molecule has 0 atom stereocenters. The van der Waals surface area contributed by atoms with Crippen LogP contribution < -0.4 is 9.80 Å². The maximum atomic E-state index is 2.34. The van der Waals surface area contributed by atoms with Crippen molar-refractivity contribution in [1.82, 2.24) is 0 Å². The van der Waals surface area contributed by atoms with Gasteiger partial charge in [0.15, 0.2) is 0 Å². The third kappa shape index (κ3) is 20.9. The number of benzene rings is 8. The molecule has 70 heavy (non-hydrogen) atoms. The minimum atomic E-state index is 1.10. The Morgan fingerprint density at radius 1 is 0.171 bits per heavy atom. The minimum Gasteiger partial charge on any atom is -0.310 e. The predicted octanol–water partition coefficient (Wildman–Crippen LogP) is 23.9. The number of hydrogen-bond donors (Lipinski definition) is 0. The molecular formula is C68H96N2. The van der Waals surface area contributed by atoms with Crippen LogP contribution in [-0.4, -0.2) is 0 Å². The summed E-state index contributed by atoms with van der Waals surface area (Å²) >= 11 is 0. The molecular weight excluding hydrogens is 845 g/mol. The van der Waals surface area contributed by atoms with E-state index in [0.29, 0.717) is 0 Å². The minimum absolute atomic E-state index is 1.10. The summed E-state index contributed by atoms with van der Waals surface area (Å²) in [5.41, 5.74) is 13.8. The summed E-state index contributed by atoms with van der Waals surface area (Å²) in [6.07, 6.45) is 0. The monoisotopic (exact) mass is 941 g/mol. The Morgan fingerprint density at radius 2 is 0.371 bits per heavy atom. The molecule has 0 amide bonds. The molecule has 8 aromatic carbocycles. The fourth-order valence-corrected chi connectivity index (χ4v) is 6.68. The first-order valence-electron chi connectivity index (χ1n) is 27.0. The van der Waals surface area contributed by atoms with Crippen molar-refractivity contribution in [2.75, 3.05) is 9.80 Å². The number of para-hydroxylation sites is 4. The molecule has 2 nitrogen and oxygen atoms in total. The van der Waals surface area contributed by atoms with Gasteiger partial charge in [0, 0.05) is 33.9 Å². The van der Waals surface area contributed by atoms with Gasteiger partial charge in [-0.1, -0.05) is 296 Å². The Kier molecular flexibility index (Phi) is 44.5. The average molecular weight is 942 g/mol. The maximum Gasteiger partial charge on any atom is 0.0540 e. The smallest absolute Gasteiger partial charge is 0.0540 e. The lowest BCUT2D eigenvalue weighted by Crippen LogP contribution is -2.11. The lowest BCUT2D eigenvalue weighted by molar-refractivity contribution is 1.28. The van der Waals surface area contributed by atoms with Crippen LogP contribution in [0.3, 0.4) is 0 Å². The van der Waals surface area contributed by atoms with Crippen LogP contribution in [0.25, 0.3) is 33.4 Å². The van der Waals surface area contributed by atoms with Gasteiger partial charge in [-0.3, -0.25) is 0 Å². The first-order valence-corrected chi connectivity index (χ1v) is 27.0. The molecule has 0 saturated carbocycles. The Labute approximate surface area is 432 Å². The lowest BCUT2D eigenvalue weighted by atomic mass is 10.0. The highest BCUT2D eigenvalue weighted by molar-refractivity contribution is 5.90. The van der Waals surface area contributed by atoms with Crippen LogP contribution >= 0.6 is 0 Å². The van der Waals surface area contributed by atoms with E-state index in [-0.39, 0.29) is 0 Å². The molecule has 0 aliphatic carbocycles.